The maximum absolute atomic E-state index is 5.75. The van der Waals surface area contributed by atoms with Crippen LogP contribution in [0.1, 0.15) is 25.5 Å². The standard InChI is InChI=1S/C9H12ClNO/c1-6(2)9-7(12-3)4-5-8(10)11-9/h4-6H,1-3H3. The van der Waals surface area contributed by atoms with Crippen molar-refractivity contribution in [2.75, 3.05) is 7.11 Å². The van der Waals surface area contributed by atoms with Crippen molar-refractivity contribution < 1.29 is 4.74 Å². The third-order valence-corrected chi connectivity index (χ3v) is 1.83. The summed E-state index contributed by atoms with van der Waals surface area (Å²) in [5, 5.41) is 0.513. The number of aromatic nitrogens is 1. The van der Waals surface area contributed by atoms with E-state index in [-0.39, 0.29) is 0 Å². The van der Waals surface area contributed by atoms with E-state index in [1.807, 2.05) is 6.07 Å². The van der Waals surface area contributed by atoms with Gasteiger partial charge in [0.1, 0.15) is 10.9 Å². The van der Waals surface area contributed by atoms with Crippen molar-refractivity contribution in [3.05, 3.63) is 23.0 Å². The van der Waals surface area contributed by atoms with Gasteiger partial charge in [-0.3, -0.25) is 0 Å². The van der Waals surface area contributed by atoms with E-state index < -0.39 is 0 Å². The zero-order valence-corrected chi connectivity index (χ0v) is 8.22. The number of rotatable bonds is 2. The van der Waals surface area contributed by atoms with Gasteiger partial charge in [0.2, 0.25) is 0 Å². The number of hydrogen-bond donors (Lipinski definition) is 0. The number of ether oxygens (including phenoxy) is 1. The van der Waals surface area contributed by atoms with Crippen LogP contribution < -0.4 is 4.74 Å². The summed E-state index contributed by atoms with van der Waals surface area (Å²) < 4.78 is 5.14. The fraction of sp³-hybridized carbons (Fsp3) is 0.444. The van der Waals surface area contributed by atoms with Crippen molar-refractivity contribution in [1.82, 2.24) is 4.98 Å². The summed E-state index contributed by atoms with van der Waals surface area (Å²) in [6, 6.07) is 3.57. The van der Waals surface area contributed by atoms with Gasteiger partial charge in [-0.05, 0) is 18.1 Å². The number of hydrogen-bond acceptors (Lipinski definition) is 2. The first-order valence-corrected chi connectivity index (χ1v) is 4.23. The van der Waals surface area contributed by atoms with Crippen molar-refractivity contribution in [3.63, 3.8) is 0 Å². The molecular formula is C9H12ClNO. The van der Waals surface area contributed by atoms with E-state index in [2.05, 4.69) is 18.8 Å². The Balaban J connectivity index is 3.12. The lowest BCUT2D eigenvalue weighted by Gasteiger charge is -2.09. The van der Waals surface area contributed by atoms with Gasteiger partial charge in [0.15, 0.2) is 0 Å². The van der Waals surface area contributed by atoms with Gasteiger partial charge in [-0.15, -0.1) is 0 Å². The minimum absolute atomic E-state index is 0.332. The van der Waals surface area contributed by atoms with Crippen LogP contribution in [0.4, 0.5) is 0 Å². The second-order valence-electron chi connectivity index (χ2n) is 2.88. The lowest BCUT2D eigenvalue weighted by Crippen LogP contribution is -1.97. The highest BCUT2D eigenvalue weighted by molar-refractivity contribution is 6.29. The number of methoxy groups -OCH3 is 1. The van der Waals surface area contributed by atoms with Crippen molar-refractivity contribution >= 4 is 11.6 Å². The van der Waals surface area contributed by atoms with Crippen LogP contribution in [0.3, 0.4) is 0 Å². The van der Waals surface area contributed by atoms with Gasteiger partial charge in [0.05, 0.1) is 12.8 Å². The predicted octanol–water partition coefficient (Wildman–Crippen LogP) is 2.87. The second kappa shape index (κ2) is 3.76. The molecule has 2 nitrogen and oxygen atoms in total. The third-order valence-electron chi connectivity index (χ3n) is 1.62. The Morgan fingerprint density at radius 3 is 2.58 bits per heavy atom. The van der Waals surface area contributed by atoms with Crippen LogP contribution in [-0.4, -0.2) is 12.1 Å². The molecule has 0 aliphatic rings. The molecule has 0 bridgehead atoms. The van der Waals surface area contributed by atoms with Crippen LogP contribution in [0.2, 0.25) is 5.15 Å². The van der Waals surface area contributed by atoms with E-state index in [9.17, 15) is 0 Å². The lowest BCUT2D eigenvalue weighted by molar-refractivity contribution is 0.404. The fourth-order valence-electron chi connectivity index (χ4n) is 1.02. The average Bonchev–Trinajstić information content (AvgIpc) is 2.04. The molecule has 0 aliphatic heterocycles. The molecule has 0 saturated carbocycles. The first kappa shape index (κ1) is 9.33. The molecule has 0 amide bonds. The zero-order chi connectivity index (χ0) is 9.14. The number of pyridine rings is 1. The summed E-state index contributed by atoms with van der Waals surface area (Å²) in [5.41, 5.74) is 0.907. The van der Waals surface area contributed by atoms with Crippen LogP contribution in [0.5, 0.6) is 5.75 Å². The van der Waals surface area contributed by atoms with E-state index in [0.717, 1.165) is 11.4 Å². The summed E-state index contributed by atoms with van der Waals surface area (Å²) >= 11 is 5.75. The van der Waals surface area contributed by atoms with Gasteiger partial charge >= 0.3 is 0 Å². The van der Waals surface area contributed by atoms with E-state index in [1.54, 1.807) is 13.2 Å². The summed E-state index contributed by atoms with van der Waals surface area (Å²) in [4.78, 5) is 4.18. The molecule has 1 aromatic heterocycles. The second-order valence-corrected chi connectivity index (χ2v) is 3.26. The Bertz CT molecular complexity index is 273. The lowest BCUT2D eigenvalue weighted by atomic mass is 10.1. The average molecular weight is 186 g/mol. The van der Waals surface area contributed by atoms with Gasteiger partial charge in [-0.25, -0.2) is 4.98 Å². The van der Waals surface area contributed by atoms with E-state index in [0.29, 0.717) is 11.1 Å². The summed E-state index contributed by atoms with van der Waals surface area (Å²) in [5.74, 6) is 1.13. The molecule has 0 unspecified atom stereocenters. The maximum Gasteiger partial charge on any atom is 0.140 e. The van der Waals surface area contributed by atoms with Gasteiger partial charge in [-0.1, -0.05) is 25.4 Å². The molecule has 3 heteroatoms. The third kappa shape index (κ3) is 1.89. The Labute approximate surface area is 77.5 Å². The summed E-state index contributed by atoms with van der Waals surface area (Å²) in [6.45, 7) is 4.11. The van der Waals surface area contributed by atoms with Crippen LogP contribution in [-0.2, 0) is 0 Å². The molecule has 0 spiro atoms. The molecule has 0 aromatic carbocycles. The highest BCUT2D eigenvalue weighted by Crippen LogP contribution is 2.25. The van der Waals surface area contributed by atoms with Crippen LogP contribution in [0, 0.1) is 0 Å². The molecule has 0 fully saturated rings. The van der Waals surface area contributed by atoms with Crippen LogP contribution in [0.25, 0.3) is 0 Å². The van der Waals surface area contributed by atoms with Crippen molar-refractivity contribution in [2.45, 2.75) is 19.8 Å². The zero-order valence-electron chi connectivity index (χ0n) is 7.47. The Hall–Kier alpha value is -0.760. The molecule has 12 heavy (non-hydrogen) atoms. The topological polar surface area (TPSA) is 22.1 Å². The minimum Gasteiger partial charge on any atom is -0.495 e. The summed E-state index contributed by atoms with van der Waals surface area (Å²) in [6.07, 6.45) is 0. The molecule has 0 atom stereocenters. The number of halogens is 1. The quantitative estimate of drug-likeness (QED) is 0.661. The fourth-order valence-corrected chi connectivity index (χ4v) is 1.18. The smallest absolute Gasteiger partial charge is 0.140 e. The normalized spacial score (nSPS) is 10.4. The van der Waals surface area contributed by atoms with Crippen molar-refractivity contribution in [3.8, 4) is 5.75 Å². The summed E-state index contributed by atoms with van der Waals surface area (Å²) in [7, 11) is 1.64. The minimum atomic E-state index is 0.332. The Morgan fingerprint density at radius 2 is 2.08 bits per heavy atom. The molecule has 66 valence electrons. The first-order chi connectivity index (χ1) is 5.65. The van der Waals surface area contributed by atoms with Crippen LogP contribution in [0.15, 0.2) is 12.1 Å². The van der Waals surface area contributed by atoms with Gasteiger partial charge in [0.25, 0.3) is 0 Å². The Kier molecular flexibility index (Phi) is 2.93. The Morgan fingerprint density at radius 1 is 1.42 bits per heavy atom. The molecule has 1 rings (SSSR count). The molecule has 0 radical (unpaired) electrons. The maximum atomic E-state index is 5.75. The molecule has 1 aromatic rings. The van der Waals surface area contributed by atoms with Gasteiger partial charge in [-0.2, -0.15) is 0 Å². The highest BCUT2D eigenvalue weighted by atomic mass is 35.5. The van der Waals surface area contributed by atoms with Gasteiger partial charge < -0.3 is 4.74 Å². The van der Waals surface area contributed by atoms with E-state index in [4.69, 9.17) is 16.3 Å². The van der Waals surface area contributed by atoms with Crippen molar-refractivity contribution in [1.29, 1.82) is 0 Å². The van der Waals surface area contributed by atoms with Crippen molar-refractivity contribution in [2.24, 2.45) is 0 Å². The SMILES string of the molecule is COc1ccc(Cl)nc1C(C)C. The highest BCUT2D eigenvalue weighted by Gasteiger charge is 2.08. The molecule has 1 heterocycles. The monoisotopic (exact) mass is 185 g/mol. The van der Waals surface area contributed by atoms with Crippen LogP contribution >= 0.6 is 11.6 Å². The molecule has 0 N–H and O–H groups in total. The van der Waals surface area contributed by atoms with Gasteiger partial charge in [0, 0.05) is 0 Å². The van der Waals surface area contributed by atoms with E-state index in [1.165, 1.54) is 0 Å². The predicted molar refractivity (Wildman–Crippen MR) is 49.9 cm³/mol. The molecule has 0 saturated heterocycles. The largest absolute Gasteiger partial charge is 0.495 e. The molecular weight excluding hydrogens is 174 g/mol. The van der Waals surface area contributed by atoms with E-state index >= 15 is 0 Å². The first-order valence-electron chi connectivity index (χ1n) is 3.85. The number of nitrogens with zero attached hydrogens (tertiary/aromatic N) is 1. The molecule has 0 aliphatic carbocycles.